The minimum atomic E-state index is -0.554. The molecule has 0 bridgehead atoms. The van der Waals surface area contributed by atoms with Gasteiger partial charge in [0.25, 0.3) is 0 Å². The summed E-state index contributed by atoms with van der Waals surface area (Å²) in [7, 11) is 0. The Balaban J connectivity index is 2.20. The lowest BCUT2D eigenvalue weighted by Gasteiger charge is -2.28. The highest BCUT2D eigenvalue weighted by Gasteiger charge is 2.26. The predicted molar refractivity (Wildman–Crippen MR) is 135 cm³/mol. The molecule has 0 saturated carbocycles. The zero-order chi connectivity index (χ0) is 24.3. The summed E-state index contributed by atoms with van der Waals surface area (Å²) in [5, 5.41) is 4.34. The van der Waals surface area contributed by atoms with E-state index in [1.54, 1.807) is 0 Å². The number of esters is 1. The van der Waals surface area contributed by atoms with E-state index in [1.807, 2.05) is 50.1 Å². The van der Waals surface area contributed by atoms with Crippen LogP contribution in [-0.2, 0) is 20.7 Å². The van der Waals surface area contributed by atoms with E-state index in [2.05, 4.69) is 30.2 Å². The fourth-order valence-electron chi connectivity index (χ4n) is 4.01. The highest BCUT2D eigenvalue weighted by Crippen LogP contribution is 2.20. The molecule has 0 aliphatic carbocycles. The van der Waals surface area contributed by atoms with Crippen LogP contribution in [0.3, 0.4) is 0 Å². The standard InChI is InChI=1S/C27H43N3O3/c1-6-8-12-16-30(17-13-9-7-2)26(32)24(29-20-25(31)33-27(3,4)5)18-21-19-28-23-15-11-10-14-22(21)23/h10-11,14-15,19,24,28-29H,6-9,12-13,16-18,20H2,1-5H3/t24-/m1/s1. The second-order valence-electron chi connectivity index (χ2n) is 9.82. The number of carbonyl (C=O) groups is 2. The quantitative estimate of drug-likeness (QED) is 0.301. The number of benzene rings is 1. The van der Waals surface area contributed by atoms with Gasteiger partial charge in [-0.2, -0.15) is 0 Å². The van der Waals surface area contributed by atoms with Gasteiger partial charge in [-0.1, -0.05) is 57.7 Å². The van der Waals surface area contributed by atoms with Crippen LogP contribution in [-0.4, -0.2) is 53.0 Å². The van der Waals surface area contributed by atoms with Crippen molar-refractivity contribution >= 4 is 22.8 Å². The molecule has 2 aromatic rings. The molecule has 0 radical (unpaired) electrons. The SMILES string of the molecule is CCCCCN(CCCCC)C(=O)[C@@H](Cc1c[nH]c2ccccc12)NCC(=O)OC(C)(C)C. The van der Waals surface area contributed by atoms with E-state index in [0.29, 0.717) is 6.42 Å². The summed E-state index contributed by atoms with van der Waals surface area (Å²) in [5.41, 5.74) is 1.57. The fourth-order valence-corrected chi connectivity index (χ4v) is 4.01. The zero-order valence-electron chi connectivity index (χ0n) is 21.2. The first-order chi connectivity index (χ1) is 15.7. The van der Waals surface area contributed by atoms with Crippen LogP contribution in [0.1, 0.15) is 78.7 Å². The second kappa shape index (κ2) is 13.4. The molecule has 6 nitrogen and oxygen atoms in total. The number of unbranched alkanes of at least 4 members (excludes halogenated alkanes) is 4. The molecule has 1 aromatic heterocycles. The number of aromatic amines is 1. The topological polar surface area (TPSA) is 74.4 Å². The minimum absolute atomic E-state index is 0.00773. The highest BCUT2D eigenvalue weighted by atomic mass is 16.6. The number of aromatic nitrogens is 1. The molecule has 33 heavy (non-hydrogen) atoms. The second-order valence-corrected chi connectivity index (χ2v) is 9.82. The van der Waals surface area contributed by atoms with Crippen LogP contribution in [0.2, 0.25) is 0 Å². The molecule has 0 aliphatic heterocycles. The van der Waals surface area contributed by atoms with E-state index in [4.69, 9.17) is 4.74 Å². The molecule has 1 atom stereocenters. The van der Waals surface area contributed by atoms with Crippen LogP contribution >= 0.6 is 0 Å². The van der Waals surface area contributed by atoms with E-state index in [9.17, 15) is 9.59 Å². The molecule has 1 amide bonds. The number of fused-ring (bicyclic) bond motifs is 1. The van der Waals surface area contributed by atoms with Gasteiger partial charge in [0, 0.05) is 30.2 Å². The third kappa shape index (κ3) is 9.20. The minimum Gasteiger partial charge on any atom is -0.459 e. The third-order valence-corrected chi connectivity index (χ3v) is 5.68. The molecule has 6 heteroatoms. The smallest absolute Gasteiger partial charge is 0.320 e. The Morgan fingerprint density at radius 1 is 1.03 bits per heavy atom. The lowest BCUT2D eigenvalue weighted by molar-refractivity contribution is -0.153. The highest BCUT2D eigenvalue weighted by molar-refractivity contribution is 5.86. The molecule has 0 spiro atoms. The van der Waals surface area contributed by atoms with E-state index in [-0.39, 0.29) is 18.4 Å². The van der Waals surface area contributed by atoms with Gasteiger partial charge >= 0.3 is 5.97 Å². The summed E-state index contributed by atoms with van der Waals surface area (Å²) in [5.74, 6) is -0.279. The maximum absolute atomic E-state index is 13.7. The van der Waals surface area contributed by atoms with Gasteiger partial charge in [0.1, 0.15) is 5.60 Å². The summed E-state index contributed by atoms with van der Waals surface area (Å²) in [6.45, 7) is 11.4. The predicted octanol–water partition coefficient (Wildman–Crippen LogP) is 5.22. The maximum atomic E-state index is 13.7. The maximum Gasteiger partial charge on any atom is 0.320 e. The van der Waals surface area contributed by atoms with Gasteiger partial charge in [0.05, 0.1) is 12.6 Å². The van der Waals surface area contributed by atoms with Crippen LogP contribution < -0.4 is 5.32 Å². The average Bonchev–Trinajstić information content (AvgIpc) is 3.17. The van der Waals surface area contributed by atoms with Gasteiger partial charge in [-0.25, -0.2) is 0 Å². The number of ether oxygens (including phenoxy) is 1. The van der Waals surface area contributed by atoms with Gasteiger partial charge in [-0.05, 0) is 51.7 Å². The van der Waals surface area contributed by atoms with Crippen molar-refractivity contribution < 1.29 is 14.3 Å². The van der Waals surface area contributed by atoms with E-state index in [1.165, 1.54) is 0 Å². The molecule has 2 rings (SSSR count). The molecule has 0 aliphatic rings. The molecule has 184 valence electrons. The lowest BCUT2D eigenvalue weighted by Crippen LogP contribution is -2.50. The number of H-pyrrole nitrogens is 1. The van der Waals surface area contributed by atoms with Crippen molar-refractivity contribution in [3.8, 4) is 0 Å². The number of hydrogen-bond donors (Lipinski definition) is 2. The van der Waals surface area contributed by atoms with Gasteiger partial charge in [-0.15, -0.1) is 0 Å². The molecular formula is C27H43N3O3. The summed E-state index contributed by atoms with van der Waals surface area (Å²) in [6, 6.07) is 7.62. The first-order valence-corrected chi connectivity index (χ1v) is 12.5. The molecule has 0 saturated heterocycles. The number of nitrogens with zero attached hydrogens (tertiary/aromatic N) is 1. The van der Waals surface area contributed by atoms with Crippen molar-refractivity contribution in [2.75, 3.05) is 19.6 Å². The Labute approximate surface area is 199 Å². The lowest BCUT2D eigenvalue weighted by atomic mass is 10.0. The van der Waals surface area contributed by atoms with Crippen LogP contribution in [0.25, 0.3) is 10.9 Å². The number of rotatable bonds is 14. The Hall–Kier alpha value is -2.34. The molecule has 2 N–H and O–H groups in total. The van der Waals surface area contributed by atoms with Crippen molar-refractivity contribution in [3.63, 3.8) is 0 Å². The molecule has 0 fully saturated rings. The van der Waals surface area contributed by atoms with Crippen LogP contribution in [0.4, 0.5) is 0 Å². The van der Waals surface area contributed by atoms with Gasteiger partial charge in [0.2, 0.25) is 5.91 Å². The summed E-state index contributed by atoms with van der Waals surface area (Å²) in [4.78, 5) is 31.4. The van der Waals surface area contributed by atoms with E-state index >= 15 is 0 Å². The fraction of sp³-hybridized carbons (Fsp3) is 0.630. The summed E-state index contributed by atoms with van der Waals surface area (Å²) < 4.78 is 5.46. The van der Waals surface area contributed by atoms with Crippen LogP contribution in [0, 0.1) is 0 Å². The average molecular weight is 458 g/mol. The molecule has 1 heterocycles. The first kappa shape index (κ1) is 26.9. The van der Waals surface area contributed by atoms with Gasteiger partial charge < -0.3 is 14.6 Å². The van der Waals surface area contributed by atoms with Crippen molar-refractivity contribution in [1.29, 1.82) is 0 Å². The largest absolute Gasteiger partial charge is 0.459 e. The van der Waals surface area contributed by atoms with E-state index in [0.717, 1.165) is 68.1 Å². The van der Waals surface area contributed by atoms with Crippen LogP contribution in [0.15, 0.2) is 30.5 Å². The monoisotopic (exact) mass is 457 g/mol. The summed E-state index contributed by atoms with van der Waals surface area (Å²) in [6.07, 6.45) is 8.94. The van der Waals surface area contributed by atoms with Gasteiger partial charge in [0.15, 0.2) is 0 Å². The normalized spacial score (nSPS) is 12.6. The number of para-hydroxylation sites is 1. The molecule has 1 aromatic carbocycles. The van der Waals surface area contributed by atoms with Gasteiger partial charge in [-0.3, -0.25) is 14.9 Å². The van der Waals surface area contributed by atoms with Crippen molar-refractivity contribution in [2.24, 2.45) is 0 Å². The zero-order valence-corrected chi connectivity index (χ0v) is 21.2. The van der Waals surface area contributed by atoms with E-state index < -0.39 is 11.6 Å². The Morgan fingerprint density at radius 2 is 1.67 bits per heavy atom. The first-order valence-electron chi connectivity index (χ1n) is 12.5. The number of carbonyl (C=O) groups excluding carboxylic acids is 2. The Bertz CT molecular complexity index is 859. The van der Waals surface area contributed by atoms with Crippen molar-refractivity contribution in [1.82, 2.24) is 15.2 Å². The molecular weight excluding hydrogens is 414 g/mol. The molecule has 0 unspecified atom stereocenters. The Morgan fingerprint density at radius 3 is 2.27 bits per heavy atom. The number of nitrogens with one attached hydrogen (secondary N) is 2. The summed E-state index contributed by atoms with van der Waals surface area (Å²) >= 11 is 0. The number of hydrogen-bond acceptors (Lipinski definition) is 4. The van der Waals surface area contributed by atoms with Crippen molar-refractivity contribution in [2.45, 2.75) is 91.2 Å². The third-order valence-electron chi connectivity index (χ3n) is 5.68. The van der Waals surface area contributed by atoms with Crippen molar-refractivity contribution in [3.05, 3.63) is 36.0 Å². The number of amides is 1. The van der Waals surface area contributed by atoms with Crippen LogP contribution in [0.5, 0.6) is 0 Å². The Kier molecular flexibility index (Phi) is 10.9.